The summed E-state index contributed by atoms with van der Waals surface area (Å²) in [5, 5.41) is 9.40. The number of imide groups is 1. The van der Waals surface area contributed by atoms with Gasteiger partial charge in [0.2, 0.25) is 0 Å². The predicted molar refractivity (Wildman–Crippen MR) is 99.0 cm³/mol. The minimum Gasteiger partial charge on any atom is -0.497 e. The molecular formula is C20H22N2O5. The molecule has 1 aliphatic heterocycles. The number of nitriles is 1. The van der Waals surface area contributed by atoms with Crippen molar-refractivity contribution in [2.75, 3.05) is 34.5 Å². The van der Waals surface area contributed by atoms with E-state index in [0.29, 0.717) is 35.7 Å². The lowest BCUT2D eigenvalue weighted by Gasteiger charge is -2.27. The van der Waals surface area contributed by atoms with Crippen molar-refractivity contribution in [3.05, 3.63) is 40.5 Å². The zero-order valence-electron chi connectivity index (χ0n) is 15.9. The van der Waals surface area contributed by atoms with Crippen LogP contribution in [0.3, 0.4) is 0 Å². The maximum atomic E-state index is 12.9. The molecular weight excluding hydrogens is 348 g/mol. The smallest absolute Gasteiger partial charge is 0.271 e. The van der Waals surface area contributed by atoms with Gasteiger partial charge >= 0.3 is 0 Å². The first-order valence-corrected chi connectivity index (χ1v) is 8.38. The summed E-state index contributed by atoms with van der Waals surface area (Å²) in [5.41, 5.74) is 1.25. The Hall–Kier alpha value is -3.11. The number of amides is 2. The van der Waals surface area contributed by atoms with Gasteiger partial charge in [-0.15, -0.1) is 0 Å². The van der Waals surface area contributed by atoms with Crippen LogP contribution in [0.4, 0.5) is 0 Å². The summed E-state index contributed by atoms with van der Waals surface area (Å²) in [6.07, 6.45) is 2.12. The van der Waals surface area contributed by atoms with Gasteiger partial charge in [-0.1, -0.05) is 0 Å². The maximum absolute atomic E-state index is 12.9. The standard InChI is InChI=1S/C20H22N2O5/c1-13-16(10-14-6-7-15(26-3)11-18(14)27-4)19(23)22(8-5-9-25-2)20(24)17(13)12-21/h6-7,10-11H,5,8-9H2,1-4H3/b16-10+. The monoisotopic (exact) mass is 370 g/mol. The number of benzene rings is 1. The molecule has 0 saturated carbocycles. The van der Waals surface area contributed by atoms with E-state index in [1.165, 1.54) is 7.11 Å². The number of hydrogen-bond donors (Lipinski definition) is 0. The summed E-state index contributed by atoms with van der Waals surface area (Å²) < 4.78 is 15.5. The SMILES string of the molecule is COCCCN1C(=O)C(C#N)=C(C)/C(=C\c2ccc(OC)cc2OC)C1=O. The van der Waals surface area contributed by atoms with E-state index in [2.05, 4.69) is 0 Å². The van der Waals surface area contributed by atoms with E-state index in [9.17, 15) is 14.9 Å². The Labute approximate surface area is 158 Å². The molecule has 0 bridgehead atoms. The van der Waals surface area contributed by atoms with Gasteiger partial charge in [0.1, 0.15) is 23.1 Å². The van der Waals surface area contributed by atoms with Crippen LogP contribution in [-0.4, -0.2) is 51.2 Å². The van der Waals surface area contributed by atoms with Crippen molar-refractivity contribution in [2.24, 2.45) is 0 Å². The summed E-state index contributed by atoms with van der Waals surface area (Å²) in [6, 6.07) is 7.12. The predicted octanol–water partition coefficient (Wildman–Crippen LogP) is 2.33. The first-order chi connectivity index (χ1) is 13.0. The molecule has 7 nitrogen and oxygen atoms in total. The van der Waals surface area contributed by atoms with Crippen LogP contribution >= 0.6 is 0 Å². The molecule has 1 aromatic rings. The van der Waals surface area contributed by atoms with Crippen LogP contribution in [0.25, 0.3) is 6.08 Å². The highest BCUT2D eigenvalue weighted by molar-refractivity contribution is 6.19. The van der Waals surface area contributed by atoms with Crippen molar-refractivity contribution in [2.45, 2.75) is 13.3 Å². The highest BCUT2D eigenvalue weighted by Crippen LogP contribution is 2.31. The second-order valence-electron chi connectivity index (χ2n) is 5.89. The summed E-state index contributed by atoms with van der Waals surface area (Å²) in [7, 11) is 4.61. The lowest BCUT2D eigenvalue weighted by atomic mass is 9.93. The number of carbonyl (C=O) groups excluding carboxylic acids is 2. The Morgan fingerprint density at radius 2 is 1.89 bits per heavy atom. The third-order valence-corrected chi connectivity index (χ3v) is 4.30. The average Bonchev–Trinajstić information content (AvgIpc) is 2.68. The van der Waals surface area contributed by atoms with E-state index in [1.807, 2.05) is 6.07 Å². The Morgan fingerprint density at radius 1 is 1.15 bits per heavy atom. The average molecular weight is 370 g/mol. The summed E-state index contributed by atoms with van der Waals surface area (Å²) in [4.78, 5) is 26.5. The van der Waals surface area contributed by atoms with Gasteiger partial charge in [0.25, 0.3) is 11.8 Å². The molecule has 0 aliphatic carbocycles. The van der Waals surface area contributed by atoms with E-state index in [4.69, 9.17) is 14.2 Å². The number of hydrogen-bond acceptors (Lipinski definition) is 6. The lowest BCUT2D eigenvalue weighted by molar-refractivity contribution is -0.140. The lowest BCUT2D eigenvalue weighted by Crippen LogP contribution is -2.43. The van der Waals surface area contributed by atoms with Crippen LogP contribution in [0, 0.1) is 11.3 Å². The molecule has 0 saturated heterocycles. The van der Waals surface area contributed by atoms with Gasteiger partial charge < -0.3 is 14.2 Å². The zero-order valence-corrected chi connectivity index (χ0v) is 15.9. The van der Waals surface area contributed by atoms with Crippen molar-refractivity contribution in [1.29, 1.82) is 5.26 Å². The van der Waals surface area contributed by atoms with Crippen LogP contribution in [0.2, 0.25) is 0 Å². The van der Waals surface area contributed by atoms with E-state index < -0.39 is 11.8 Å². The van der Waals surface area contributed by atoms with Gasteiger partial charge in [0.05, 0.1) is 14.2 Å². The second kappa shape index (κ2) is 9.01. The molecule has 1 heterocycles. The van der Waals surface area contributed by atoms with Gasteiger partial charge in [-0.2, -0.15) is 5.26 Å². The van der Waals surface area contributed by atoms with E-state index in [-0.39, 0.29) is 17.7 Å². The van der Waals surface area contributed by atoms with Crippen molar-refractivity contribution < 1.29 is 23.8 Å². The fraction of sp³-hybridized carbons (Fsp3) is 0.350. The molecule has 0 fully saturated rings. The third-order valence-electron chi connectivity index (χ3n) is 4.30. The van der Waals surface area contributed by atoms with Crippen molar-refractivity contribution in [3.8, 4) is 17.6 Å². The Bertz CT molecular complexity index is 848. The molecule has 0 N–H and O–H groups in total. The second-order valence-corrected chi connectivity index (χ2v) is 5.89. The molecule has 1 aliphatic rings. The topological polar surface area (TPSA) is 88.9 Å². The third kappa shape index (κ3) is 4.18. The normalized spacial score (nSPS) is 16.0. The Kier molecular flexibility index (Phi) is 6.74. The van der Waals surface area contributed by atoms with E-state index >= 15 is 0 Å². The first-order valence-electron chi connectivity index (χ1n) is 8.38. The zero-order chi connectivity index (χ0) is 20.0. The van der Waals surface area contributed by atoms with Crippen molar-refractivity contribution in [1.82, 2.24) is 4.90 Å². The highest BCUT2D eigenvalue weighted by atomic mass is 16.5. The Balaban J connectivity index is 2.52. The molecule has 0 unspecified atom stereocenters. The summed E-state index contributed by atoms with van der Waals surface area (Å²) in [5.74, 6) is 0.120. The minimum absolute atomic E-state index is 0.0363. The molecule has 142 valence electrons. The van der Waals surface area contributed by atoms with Crippen LogP contribution in [0.5, 0.6) is 11.5 Å². The van der Waals surface area contributed by atoms with Gasteiger partial charge in [0, 0.05) is 37.5 Å². The number of ether oxygens (including phenoxy) is 3. The fourth-order valence-corrected chi connectivity index (χ4v) is 2.79. The summed E-state index contributed by atoms with van der Waals surface area (Å²) >= 11 is 0. The molecule has 0 spiro atoms. The van der Waals surface area contributed by atoms with Gasteiger partial charge in [-0.25, -0.2) is 0 Å². The number of carbonyl (C=O) groups is 2. The summed E-state index contributed by atoms with van der Waals surface area (Å²) in [6.45, 7) is 2.19. The largest absolute Gasteiger partial charge is 0.497 e. The van der Waals surface area contributed by atoms with Crippen LogP contribution in [-0.2, 0) is 14.3 Å². The van der Waals surface area contributed by atoms with Gasteiger partial charge in [0.15, 0.2) is 0 Å². The molecule has 2 amide bonds. The van der Waals surface area contributed by atoms with Crippen LogP contribution < -0.4 is 9.47 Å². The van der Waals surface area contributed by atoms with E-state index in [0.717, 1.165) is 4.90 Å². The molecule has 7 heteroatoms. The molecule has 0 radical (unpaired) electrons. The maximum Gasteiger partial charge on any atom is 0.271 e. The number of methoxy groups -OCH3 is 3. The molecule has 1 aromatic carbocycles. The van der Waals surface area contributed by atoms with Gasteiger partial charge in [-0.3, -0.25) is 14.5 Å². The molecule has 27 heavy (non-hydrogen) atoms. The highest BCUT2D eigenvalue weighted by Gasteiger charge is 2.35. The number of nitrogens with zero attached hydrogens (tertiary/aromatic N) is 2. The van der Waals surface area contributed by atoms with Crippen LogP contribution in [0.15, 0.2) is 34.9 Å². The van der Waals surface area contributed by atoms with E-state index in [1.54, 1.807) is 45.4 Å². The molecule has 0 atom stereocenters. The van der Waals surface area contributed by atoms with Crippen LogP contribution in [0.1, 0.15) is 18.9 Å². The molecule has 2 rings (SSSR count). The quantitative estimate of drug-likeness (QED) is 0.416. The first kappa shape index (κ1) is 20.2. The minimum atomic E-state index is -0.574. The molecule has 0 aromatic heterocycles. The van der Waals surface area contributed by atoms with Crippen molar-refractivity contribution >= 4 is 17.9 Å². The Morgan fingerprint density at radius 3 is 2.48 bits per heavy atom. The number of rotatable bonds is 7. The fourth-order valence-electron chi connectivity index (χ4n) is 2.79. The van der Waals surface area contributed by atoms with Crippen molar-refractivity contribution in [3.63, 3.8) is 0 Å². The van der Waals surface area contributed by atoms with Gasteiger partial charge in [-0.05, 0) is 37.1 Å².